The minimum atomic E-state index is 0.635. The van der Waals surface area contributed by atoms with Gasteiger partial charge in [-0.05, 0) is 32.8 Å². The largest absolute Gasteiger partial charge is 0.477 e. The van der Waals surface area contributed by atoms with Crippen molar-refractivity contribution in [1.29, 1.82) is 0 Å². The Morgan fingerprint density at radius 2 is 2.32 bits per heavy atom. The summed E-state index contributed by atoms with van der Waals surface area (Å²) < 4.78 is 5.79. The van der Waals surface area contributed by atoms with Crippen molar-refractivity contribution in [2.75, 3.05) is 18.5 Å². The van der Waals surface area contributed by atoms with Gasteiger partial charge in [0, 0.05) is 11.4 Å². The summed E-state index contributed by atoms with van der Waals surface area (Å²) >= 11 is 1.66. The van der Waals surface area contributed by atoms with Gasteiger partial charge in [0.1, 0.15) is 4.83 Å². The Kier molecular flexibility index (Phi) is 4.74. The standard InChI is InChI=1S/C14H19N3OS/c1-4-6-7-8-18-12-11-9-10(3)19-13(11)17-14(16-12)15-5-2/h4,9H,1,5-8H2,2-3H3,(H,15,16,17). The maximum absolute atomic E-state index is 5.79. The Morgan fingerprint density at radius 1 is 1.47 bits per heavy atom. The van der Waals surface area contributed by atoms with E-state index >= 15 is 0 Å². The van der Waals surface area contributed by atoms with Gasteiger partial charge in [-0.25, -0.2) is 4.98 Å². The Labute approximate surface area is 117 Å². The monoisotopic (exact) mass is 277 g/mol. The van der Waals surface area contributed by atoms with Crippen LogP contribution in [0.1, 0.15) is 24.6 Å². The van der Waals surface area contributed by atoms with Crippen LogP contribution >= 0.6 is 11.3 Å². The molecule has 4 nitrogen and oxygen atoms in total. The molecule has 2 rings (SSSR count). The average molecular weight is 277 g/mol. The van der Waals surface area contributed by atoms with E-state index in [1.807, 2.05) is 13.0 Å². The van der Waals surface area contributed by atoms with Crippen LogP contribution in [0.3, 0.4) is 0 Å². The number of anilines is 1. The van der Waals surface area contributed by atoms with Gasteiger partial charge in [0.05, 0.1) is 12.0 Å². The predicted molar refractivity (Wildman–Crippen MR) is 81.2 cm³/mol. The topological polar surface area (TPSA) is 47.0 Å². The Morgan fingerprint density at radius 3 is 3.05 bits per heavy atom. The van der Waals surface area contributed by atoms with Crippen molar-refractivity contribution < 1.29 is 4.74 Å². The zero-order valence-corrected chi connectivity index (χ0v) is 12.2. The fraction of sp³-hybridized carbons (Fsp3) is 0.429. The van der Waals surface area contributed by atoms with Crippen molar-refractivity contribution in [2.24, 2.45) is 0 Å². The van der Waals surface area contributed by atoms with Gasteiger partial charge in [-0.15, -0.1) is 17.9 Å². The molecule has 0 amide bonds. The molecular weight excluding hydrogens is 258 g/mol. The van der Waals surface area contributed by atoms with Gasteiger partial charge in [-0.3, -0.25) is 0 Å². The smallest absolute Gasteiger partial charge is 0.227 e. The Hall–Kier alpha value is -1.62. The molecule has 0 unspecified atom stereocenters. The van der Waals surface area contributed by atoms with Crippen LogP contribution in [0.4, 0.5) is 5.95 Å². The number of rotatable bonds is 7. The van der Waals surface area contributed by atoms with Gasteiger partial charge in [0.25, 0.3) is 0 Å². The lowest BCUT2D eigenvalue weighted by molar-refractivity contribution is 0.304. The van der Waals surface area contributed by atoms with E-state index in [1.54, 1.807) is 11.3 Å². The SMILES string of the molecule is C=CCCCOc1nc(NCC)nc2sc(C)cc12. The molecule has 0 aromatic carbocycles. The second-order valence-electron chi connectivity index (χ2n) is 4.24. The van der Waals surface area contributed by atoms with E-state index in [0.29, 0.717) is 18.4 Å². The minimum absolute atomic E-state index is 0.635. The van der Waals surface area contributed by atoms with Gasteiger partial charge in [0.2, 0.25) is 11.8 Å². The number of thiophene rings is 1. The van der Waals surface area contributed by atoms with Crippen LogP contribution in [0.2, 0.25) is 0 Å². The first-order chi connectivity index (χ1) is 9.24. The molecule has 0 radical (unpaired) electrons. The van der Waals surface area contributed by atoms with E-state index < -0.39 is 0 Å². The van der Waals surface area contributed by atoms with E-state index in [9.17, 15) is 0 Å². The van der Waals surface area contributed by atoms with Crippen molar-refractivity contribution in [3.8, 4) is 5.88 Å². The van der Waals surface area contributed by atoms with Gasteiger partial charge >= 0.3 is 0 Å². The van der Waals surface area contributed by atoms with Crippen LogP contribution in [0.15, 0.2) is 18.7 Å². The number of hydrogen-bond donors (Lipinski definition) is 1. The average Bonchev–Trinajstić information content (AvgIpc) is 2.75. The maximum atomic E-state index is 5.79. The van der Waals surface area contributed by atoms with E-state index in [1.165, 1.54) is 4.88 Å². The Balaban J connectivity index is 2.24. The van der Waals surface area contributed by atoms with Crippen molar-refractivity contribution in [3.63, 3.8) is 0 Å². The summed E-state index contributed by atoms with van der Waals surface area (Å²) in [6.07, 6.45) is 3.81. The third kappa shape index (κ3) is 3.44. The van der Waals surface area contributed by atoms with Crippen LogP contribution in [0.25, 0.3) is 10.2 Å². The highest BCUT2D eigenvalue weighted by atomic mass is 32.1. The summed E-state index contributed by atoms with van der Waals surface area (Å²) in [5.41, 5.74) is 0. The maximum Gasteiger partial charge on any atom is 0.227 e. The second-order valence-corrected chi connectivity index (χ2v) is 5.47. The summed E-state index contributed by atoms with van der Waals surface area (Å²) in [4.78, 5) is 11.1. The lowest BCUT2D eigenvalue weighted by atomic mass is 10.3. The third-order valence-electron chi connectivity index (χ3n) is 2.61. The zero-order chi connectivity index (χ0) is 13.7. The number of nitrogens with zero attached hydrogens (tertiary/aromatic N) is 2. The van der Waals surface area contributed by atoms with Crippen LogP contribution < -0.4 is 10.1 Å². The molecule has 2 aromatic heterocycles. The molecular formula is C14H19N3OS. The molecule has 0 aliphatic heterocycles. The summed E-state index contributed by atoms with van der Waals surface area (Å²) in [7, 11) is 0. The van der Waals surface area contributed by atoms with Gasteiger partial charge < -0.3 is 10.1 Å². The normalized spacial score (nSPS) is 10.6. The van der Waals surface area contributed by atoms with E-state index in [4.69, 9.17) is 4.74 Å². The number of unbranched alkanes of at least 4 members (excludes halogenated alkanes) is 1. The summed E-state index contributed by atoms with van der Waals surface area (Å²) in [5, 5.41) is 4.14. The Bertz CT molecular complexity index is 565. The number of nitrogens with one attached hydrogen (secondary N) is 1. The molecule has 1 N–H and O–H groups in total. The highest BCUT2D eigenvalue weighted by Gasteiger charge is 2.11. The van der Waals surface area contributed by atoms with E-state index in [-0.39, 0.29) is 0 Å². The molecule has 2 heterocycles. The first kappa shape index (κ1) is 13.8. The van der Waals surface area contributed by atoms with Gasteiger partial charge in [-0.2, -0.15) is 4.98 Å². The quantitative estimate of drug-likeness (QED) is 0.618. The van der Waals surface area contributed by atoms with Crippen molar-refractivity contribution in [1.82, 2.24) is 9.97 Å². The van der Waals surface area contributed by atoms with Gasteiger partial charge in [0.15, 0.2) is 0 Å². The molecule has 0 aliphatic carbocycles. The number of allylic oxidation sites excluding steroid dienone is 1. The summed E-state index contributed by atoms with van der Waals surface area (Å²) in [6.45, 7) is 9.25. The highest BCUT2D eigenvalue weighted by Crippen LogP contribution is 2.31. The second kappa shape index (κ2) is 6.52. The first-order valence-corrected chi connectivity index (χ1v) is 7.32. The third-order valence-corrected chi connectivity index (χ3v) is 3.55. The molecule has 0 aliphatic rings. The lowest BCUT2D eigenvalue weighted by Gasteiger charge is -2.08. The number of fused-ring (bicyclic) bond motifs is 1. The number of hydrogen-bond acceptors (Lipinski definition) is 5. The molecule has 0 bridgehead atoms. The fourth-order valence-electron chi connectivity index (χ4n) is 1.76. The minimum Gasteiger partial charge on any atom is -0.477 e. The first-order valence-electron chi connectivity index (χ1n) is 6.50. The number of ether oxygens (including phenoxy) is 1. The number of aromatic nitrogens is 2. The van der Waals surface area contributed by atoms with Gasteiger partial charge in [-0.1, -0.05) is 6.08 Å². The van der Waals surface area contributed by atoms with Crippen molar-refractivity contribution in [3.05, 3.63) is 23.6 Å². The molecule has 0 saturated heterocycles. The highest BCUT2D eigenvalue weighted by molar-refractivity contribution is 7.18. The predicted octanol–water partition coefficient (Wildman–Crippen LogP) is 3.78. The van der Waals surface area contributed by atoms with Crippen molar-refractivity contribution >= 4 is 27.5 Å². The van der Waals surface area contributed by atoms with E-state index in [0.717, 1.165) is 29.6 Å². The molecule has 0 saturated carbocycles. The molecule has 0 spiro atoms. The molecule has 5 heteroatoms. The summed E-state index contributed by atoms with van der Waals surface area (Å²) in [5.74, 6) is 1.31. The van der Waals surface area contributed by atoms with Crippen LogP contribution in [-0.4, -0.2) is 23.1 Å². The molecule has 102 valence electrons. The van der Waals surface area contributed by atoms with Crippen LogP contribution in [-0.2, 0) is 0 Å². The molecule has 19 heavy (non-hydrogen) atoms. The van der Waals surface area contributed by atoms with E-state index in [2.05, 4.69) is 34.9 Å². The molecule has 2 aromatic rings. The molecule has 0 atom stereocenters. The fourth-order valence-corrected chi connectivity index (χ4v) is 2.63. The zero-order valence-electron chi connectivity index (χ0n) is 11.4. The van der Waals surface area contributed by atoms with Crippen LogP contribution in [0, 0.1) is 6.92 Å². The lowest BCUT2D eigenvalue weighted by Crippen LogP contribution is -2.05. The van der Waals surface area contributed by atoms with Crippen molar-refractivity contribution in [2.45, 2.75) is 26.7 Å². The summed E-state index contributed by atoms with van der Waals surface area (Å²) in [6, 6.07) is 2.08. The van der Waals surface area contributed by atoms with Crippen LogP contribution in [0.5, 0.6) is 5.88 Å². The molecule has 0 fully saturated rings. The number of aryl methyl sites for hydroxylation is 1.